The summed E-state index contributed by atoms with van der Waals surface area (Å²) in [5.41, 5.74) is 3.68. The number of rotatable bonds is 6. The van der Waals surface area contributed by atoms with Gasteiger partial charge in [-0.15, -0.1) is 15.0 Å². The van der Waals surface area contributed by atoms with Gasteiger partial charge in [0.1, 0.15) is 22.5 Å². The molecule has 0 aliphatic heterocycles. The molecule has 3 rings (SSSR count). The standard InChI is InChI=1S/C25H32N4O2/c1-7-10-22(30)26-15-17-13-18(25(5,6)16-24(2,3)4)14-21(23(17)31)29-27-19-11-8-9-12-20(19)28-29/h7-14,31H,15-16H2,1-6H3,(H,26,30). The van der Waals surface area contributed by atoms with Crippen molar-refractivity contribution < 1.29 is 9.90 Å². The molecule has 3 aromatic rings. The van der Waals surface area contributed by atoms with Crippen molar-refractivity contribution in [3.05, 3.63) is 59.7 Å². The number of benzene rings is 2. The number of phenols is 1. The SMILES string of the molecule is CC=CC(=O)NCc1cc(C(C)(C)CC(C)(C)C)cc(-n2nc3ccccc3n2)c1O. The van der Waals surface area contributed by atoms with Gasteiger partial charge in [-0.3, -0.25) is 4.79 Å². The highest BCUT2D eigenvalue weighted by atomic mass is 16.3. The zero-order valence-corrected chi connectivity index (χ0v) is 19.2. The van der Waals surface area contributed by atoms with Crippen molar-refractivity contribution in [1.29, 1.82) is 0 Å². The molecule has 0 aliphatic carbocycles. The Hall–Kier alpha value is -3.15. The van der Waals surface area contributed by atoms with Crippen LogP contribution >= 0.6 is 0 Å². The van der Waals surface area contributed by atoms with Crippen LogP contribution in [0.15, 0.2) is 48.6 Å². The van der Waals surface area contributed by atoms with E-state index in [1.807, 2.05) is 36.4 Å². The van der Waals surface area contributed by atoms with E-state index in [9.17, 15) is 9.90 Å². The van der Waals surface area contributed by atoms with Crippen LogP contribution in [0.4, 0.5) is 0 Å². The van der Waals surface area contributed by atoms with Crippen LogP contribution in [0.3, 0.4) is 0 Å². The third-order valence-electron chi connectivity index (χ3n) is 5.20. The number of phenolic OH excluding ortho intramolecular Hbond substituents is 1. The number of aromatic nitrogens is 3. The van der Waals surface area contributed by atoms with E-state index in [0.717, 1.165) is 23.0 Å². The maximum Gasteiger partial charge on any atom is 0.243 e. The maximum absolute atomic E-state index is 12.0. The van der Waals surface area contributed by atoms with Gasteiger partial charge in [-0.25, -0.2) is 0 Å². The minimum absolute atomic E-state index is 0.0661. The lowest BCUT2D eigenvalue weighted by Gasteiger charge is -2.33. The van der Waals surface area contributed by atoms with E-state index in [1.54, 1.807) is 13.0 Å². The van der Waals surface area contributed by atoms with Crippen LogP contribution in [0.2, 0.25) is 0 Å². The molecule has 0 fully saturated rings. The molecule has 1 amide bonds. The number of nitrogens with one attached hydrogen (secondary N) is 1. The van der Waals surface area contributed by atoms with E-state index < -0.39 is 0 Å². The number of aromatic hydroxyl groups is 1. The monoisotopic (exact) mass is 420 g/mol. The summed E-state index contributed by atoms with van der Waals surface area (Å²) in [5, 5.41) is 23.0. The summed E-state index contributed by atoms with van der Waals surface area (Å²) >= 11 is 0. The summed E-state index contributed by atoms with van der Waals surface area (Å²) in [4.78, 5) is 13.4. The normalized spacial score (nSPS) is 12.6. The number of hydrogen-bond acceptors (Lipinski definition) is 4. The van der Waals surface area contributed by atoms with Crippen molar-refractivity contribution in [2.45, 2.75) is 59.9 Å². The molecule has 0 saturated carbocycles. The Balaban J connectivity index is 2.11. The first-order valence-corrected chi connectivity index (χ1v) is 10.6. The summed E-state index contributed by atoms with van der Waals surface area (Å²) in [7, 11) is 0. The second-order valence-corrected chi connectivity index (χ2v) is 9.82. The quantitative estimate of drug-likeness (QED) is 0.548. The molecule has 0 aliphatic rings. The fraction of sp³-hybridized carbons (Fsp3) is 0.400. The highest BCUT2D eigenvalue weighted by molar-refractivity contribution is 5.87. The van der Waals surface area contributed by atoms with Crippen LogP contribution in [-0.2, 0) is 16.8 Å². The Kier molecular flexibility index (Phi) is 6.20. The van der Waals surface area contributed by atoms with Crippen molar-refractivity contribution in [3.8, 4) is 11.4 Å². The Morgan fingerprint density at radius 2 is 1.71 bits per heavy atom. The van der Waals surface area contributed by atoms with Gasteiger partial charge in [0, 0.05) is 12.1 Å². The molecule has 2 aromatic carbocycles. The fourth-order valence-corrected chi connectivity index (χ4v) is 4.14. The average molecular weight is 421 g/mol. The van der Waals surface area contributed by atoms with Gasteiger partial charge in [0.25, 0.3) is 0 Å². The summed E-state index contributed by atoms with van der Waals surface area (Å²) in [6.07, 6.45) is 4.10. The zero-order valence-electron chi connectivity index (χ0n) is 19.2. The maximum atomic E-state index is 12.0. The number of allylic oxidation sites excluding steroid dienone is 1. The second-order valence-electron chi connectivity index (χ2n) is 9.82. The smallest absolute Gasteiger partial charge is 0.243 e. The van der Waals surface area contributed by atoms with E-state index in [2.05, 4.69) is 50.1 Å². The molecule has 2 N–H and O–H groups in total. The average Bonchev–Trinajstić information content (AvgIpc) is 3.09. The van der Waals surface area contributed by atoms with E-state index in [1.165, 1.54) is 10.9 Å². The Morgan fingerprint density at radius 3 is 2.26 bits per heavy atom. The predicted molar refractivity (Wildman–Crippen MR) is 124 cm³/mol. The van der Waals surface area contributed by atoms with Crippen LogP contribution < -0.4 is 5.32 Å². The van der Waals surface area contributed by atoms with Gasteiger partial charge in [0.15, 0.2) is 0 Å². The molecule has 0 bridgehead atoms. The Bertz CT molecular complexity index is 1090. The van der Waals surface area contributed by atoms with Gasteiger partial charge >= 0.3 is 0 Å². The van der Waals surface area contributed by atoms with Crippen LogP contribution in [0.5, 0.6) is 5.75 Å². The zero-order chi connectivity index (χ0) is 22.8. The van der Waals surface area contributed by atoms with Crippen molar-refractivity contribution in [2.24, 2.45) is 5.41 Å². The van der Waals surface area contributed by atoms with E-state index in [-0.39, 0.29) is 29.0 Å². The van der Waals surface area contributed by atoms with Gasteiger partial charge in [0.2, 0.25) is 5.91 Å². The molecule has 0 saturated heterocycles. The van der Waals surface area contributed by atoms with Crippen molar-refractivity contribution in [3.63, 3.8) is 0 Å². The van der Waals surface area contributed by atoms with E-state index >= 15 is 0 Å². The van der Waals surface area contributed by atoms with Crippen molar-refractivity contribution in [2.75, 3.05) is 0 Å². The van der Waals surface area contributed by atoms with E-state index in [4.69, 9.17) is 0 Å². The topological polar surface area (TPSA) is 80.0 Å². The third kappa shape index (κ3) is 5.32. The summed E-state index contributed by atoms with van der Waals surface area (Å²) in [5.74, 6) is -0.137. The molecular formula is C25H32N4O2. The molecule has 0 spiro atoms. The van der Waals surface area contributed by atoms with Crippen LogP contribution in [0, 0.1) is 5.41 Å². The number of fused-ring (bicyclic) bond motifs is 1. The number of hydrogen-bond donors (Lipinski definition) is 2. The van der Waals surface area contributed by atoms with Gasteiger partial charge in [0.05, 0.1) is 0 Å². The lowest BCUT2D eigenvalue weighted by Crippen LogP contribution is -2.26. The molecule has 0 atom stereocenters. The van der Waals surface area contributed by atoms with Gasteiger partial charge in [-0.1, -0.05) is 52.8 Å². The molecule has 31 heavy (non-hydrogen) atoms. The Labute approximate surface area is 184 Å². The summed E-state index contributed by atoms with van der Waals surface area (Å²) in [6.45, 7) is 13.1. The molecule has 1 aromatic heterocycles. The largest absolute Gasteiger partial charge is 0.505 e. The number of nitrogens with zero attached hydrogens (tertiary/aromatic N) is 3. The minimum Gasteiger partial charge on any atom is -0.505 e. The first kappa shape index (κ1) is 22.5. The summed E-state index contributed by atoms with van der Waals surface area (Å²) in [6, 6.07) is 11.5. The van der Waals surface area contributed by atoms with E-state index in [0.29, 0.717) is 11.3 Å². The molecule has 0 radical (unpaired) electrons. The van der Waals surface area contributed by atoms with Crippen molar-refractivity contribution in [1.82, 2.24) is 20.3 Å². The van der Waals surface area contributed by atoms with Gasteiger partial charge < -0.3 is 10.4 Å². The molecule has 1 heterocycles. The molecule has 6 heteroatoms. The Morgan fingerprint density at radius 1 is 1.10 bits per heavy atom. The summed E-state index contributed by atoms with van der Waals surface area (Å²) < 4.78 is 0. The van der Waals surface area contributed by atoms with Gasteiger partial charge in [-0.2, -0.15) is 0 Å². The molecule has 0 unspecified atom stereocenters. The van der Waals surface area contributed by atoms with Crippen molar-refractivity contribution >= 4 is 16.9 Å². The second kappa shape index (κ2) is 8.53. The lowest BCUT2D eigenvalue weighted by atomic mass is 9.72. The minimum atomic E-state index is -0.203. The molecule has 6 nitrogen and oxygen atoms in total. The third-order valence-corrected chi connectivity index (χ3v) is 5.20. The lowest BCUT2D eigenvalue weighted by molar-refractivity contribution is -0.116. The first-order valence-electron chi connectivity index (χ1n) is 10.6. The number of carbonyl (C=O) groups is 1. The molecular weight excluding hydrogens is 388 g/mol. The predicted octanol–water partition coefficient (Wildman–Crippen LogP) is 5.03. The fourth-order valence-electron chi connectivity index (χ4n) is 4.14. The van der Waals surface area contributed by atoms with Crippen LogP contribution in [-0.4, -0.2) is 26.0 Å². The molecule has 164 valence electrons. The highest BCUT2D eigenvalue weighted by Gasteiger charge is 2.29. The van der Waals surface area contributed by atoms with Crippen LogP contribution in [0.25, 0.3) is 16.7 Å². The van der Waals surface area contributed by atoms with Crippen LogP contribution in [0.1, 0.15) is 59.1 Å². The first-order chi connectivity index (χ1) is 14.5. The highest BCUT2D eigenvalue weighted by Crippen LogP contribution is 2.39. The van der Waals surface area contributed by atoms with Gasteiger partial charge in [-0.05, 0) is 60.1 Å². The number of amides is 1. The number of carbonyl (C=O) groups excluding carboxylic acids is 1.